The Bertz CT molecular complexity index is 289. The summed E-state index contributed by atoms with van der Waals surface area (Å²) in [6, 6.07) is 0.413. The Morgan fingerprint density at radius 1 is 1.57 bits per heavy atom. The minimum Gasteiger partial charge on any atom is -0.396 e. The number of aliphatic hydroxyl groups is 1. The predicted octanol–water partition coefficient (Wildman–Crippen LogP) is 0.751. The van der Waals surface area contributed by atoms with Crippen LogP contribution in [0, 0.1) is 12.8 Å². The van der Waals surface area contributed by atoms with Crippen molar-refractivity contribution in [3.63, 3.8) is 0 Å². The third-order valence-electron chi connectivity index (χ3n) is 3.02. The molecule has 0 bridgehead atoms. The maximum absolute atomic E-state index is 9.00. The Balaban J connectivity index is 1.99. The molecule has 1 aromatic rings. The molecule has 78 valence electrons. The van der Waals surface area contributed by atoms with Gasteiger partial charge in [0, 0.05) is 30.5 Å². The molecule has 1 aromatic heterocycles. The number of aliphatic hydroxyl groups excluding tert-OH is 1. The Morgan fingerprint density at radius 2 is 2.43 bits per heavy atom. The maximum Gasteiger partial charge on any atom is 0.0537 e. The van der Waals surface area contributed by atoms with Crippen LogP contribution in [0.4, 0.5) is 0 Å². The first kappa shape index (κ1) is 9.68. The molecule has 1 aliphatic rings. The highest BCUT2D eigenvalue weighted by Gasteiger charge is 2.22. The second-order valence-corrected chi connectivity index (χ2v) is 4.04. The highest BCUT2D eigenvalue weighted by atomic mass is 16.3. The molecule has 1 fully saturated rings. The van der Waals surface area contributed by atoms with E-state index in [9.17, 15) is 0 Å². The van der Waals surface area contributed by atoms with Crippen LogP contribution in [-0.4, -0.2) is 28.5 Å². The minimum atomic E-state index is 0.296. The summed E-state index contributed by atoms with van der Waals surface area (Å²) in [5.74, 6) is 0.429. The summed E-state index contributed by atoms with van der Waals surface area (Å²) in [4.78, 5) is 0. The minimum absolute atomic E-state index is 0.296. The molecule has 2 atom stereocenters. The maximum atomic E-state index is 9.00. The van der Waals surface area contributed by atoms with Crippen molar-refractivity contribution in [2.75, 3.05) is 13.2 Å². The van der Waals surface area contributed by atoms with E-state index < -0.39 is 0 Å². The summed E-state index contributed by atoms with van der Waals surface area (Å²) in [6.07, 6.45) is 4.08. The number of aromatic amines is 1. The molecule has 0 saturated carbocycles. The zero-order valence-corrected chi connectivity index (χ0v) is 8.45. The Morgan fingerprint density at radius 3 is 2.93 bits per heavy atom. The number of nitrogens with one attached hydrogen (secondary N) is 2. The van der Waals surface area contributed by atoms with E-state index in [2.05, 4.69) is 15.5 Å². The molecule has 0 aromatic carbocycles. The average Bonchev–Trinajstić information content (AvgIpc) is 2.65. The second-order valence-electron chi connectivity index (χ2n) is 4.04. The lowest BCUT2D eigenvalue weighted by molar-refractivity contribution is 0.183. The van der Waals surface area contributed by atoms with Crippen molar-refractivity contribution in [3.8, 4) is 0 Å². The Hall–Kier alpha value is -0.870. The van der Waals surface area contributed by atoms with E-state index in [-0.39, 0.29) is 0 Å². The molecule has 2 rings (SSSR count). The largest absolute Gasteiger partial charge is 0.396 e. The fraction of sp³-hybridized carbons (Fsp3) is 0.700. The summed E-state index contributed by atoms with van der Waals surface area (Å²) < 4.78 is 0. The van der Waals surface area contributed by atoms with Crippen molar-refractivity contribution >= 4 is 0 Å². The molecule has 2 unspecified atom stereocenters. The van der Waals surface area contributed by atoms with Crippen LogP contribution in [-0.2, 0) is 0 Å². The van der Waals surface area contributed by atoms with Crippen molar-refractivity contribution in [1.29, 1.82) is 0 Å². The van der Waals surface area contributed by atoms with Gasteiger partial charge in [-0.1, -0.05) is 0 Å². The van der Waals surface area contributed by atoms with E-state index in [1.807, 2.05) is 13.1 Å². The van der Waals surface area contributed by atoms with Crippen molar-refractivity contribution in [2.24, 2.45) is 5.92 Å². The van der Waals surface area contributed by atoms with E-state index in [4.69, 9.17) is 5.11 Å². The quantitative estimate of drug-likeness (QED) is 0.652. The molecular weight excluding hydrogens is 178 g/mol. The topological polar surface area (TPSA) is 60.9 Å². The molecule has 4 heteroatoms. The van der Waals surface area contributed by atoms with Gasteiger partial charge < -0.3 is 10.4 Å². The number of nitrogens with zero attached hydrogens (tertiary/aromatic N) is 1. The second kappa shape index (κ2) is 4.11. The summed E-state index contributed by atoms with van der Waals surface area (Å²) in [7, 11) is 0. The van der Waals surface area contributed by atoms with Crippen molar-refractivity contribution in [1.82, 2.24) is 15.5 Å². The fourth-order valence-electron chi connectivity index (χ4n) is 2.05. The van der Waals surface area contributed by atoms with Gasteiger partial charge in [0.2, 0.25) is 0 Å². The normalized spacial score (nSPS) is 27.9. The SMILES string of the molecule is Cc1[nH]ncc1C1CCC(CO)CN1. The Labute approximate surface area is 83.7 Å². The molecule has 4 nitrogen and oxygen atoms in total. The van der Waals surface area contributed by atoms with Crippen molar-refractivity contribution in [3.05, 3.63) is 17.5 Å². The van der Waals surface area contributed by atoms with Crippen LogP contribution in [0.25, 0.3) is 0 Å². The van der Waals surface area contributed by atoms with Crippen LogP contribution < -0.4 is 5.32 Å². The summed E-state index contributed by atoms with van der Waals surface area (Å²) in [5.41, 5.74) is 2.41. The fourth-order valence-corrected chi connectivity index (χ4v) is 2.05. The molecule has 14 heavy (non-hydrogen) atoms. The molecule has 3 N–H and O–H groups in total. The molecular formula is C10H17N3O. The van der Waals surface area contributed by atoms with Crippen molar-refractivity contribution < 1.29 is 5.11 Å². The van der Waals surface area contributed by atoms with Gasteiger partial charge in [0.25, 0.3) is 0 Å². The lowest BCUT2D eigenvalue weighted by Gasteiger charge is -2.28. The summed E-state index contributed by atoms with van der Waals surface area (Å²) >= 11 is 0. The molecule has 0 amide bonds. The van der Waals surface area contributed by atoms with Crippen molar-refractivity contribution in [2.45, 2.75) is 25.8 Å². The number of hydrogen-bond acceptors (Lipinski definition) is 3. The van der Waals surface area contributed by atoms with Gasteiger partial charge in [-0.2, -0.15) is 5.10 Å². The zero-order valence-electron chi connectivity index (χ0n) is 8.45. The van der Waals surface area contributed by atoms with Gasteiger partial charge in [-0.05, 0) is 25.7 Å². The first-order valence-electron chi connectivity index (χ1n) is 5.15. The molecule has 0 aliphatic carbocycles. The number of aryl methyl sites for hydroxylation is 1. The molecule has 1 aliphatic heterocycles. The molecule has 0 radical (unpaired) electrons. The zero-order chi connectivity index (χ0) is 9.97. The monoisotopic (exact) mass is 195 g/mol. The summed E-state index contributed by atoms with van der Waals surface area (Å²) in [6.45, 7) is 3.25. The van der Waals surface area contributed by atoms with Gasteiger partial charge in [0.15, 0.2) is 0 Å². The van der Waals surface area contributed by atoms with E-state index in [0.29, 0.717) is 18.6 Å². The first-order valence-corrected chi connectivity index (χ1v) is 5.15. The highest BCUT2D eigenvalue weighted by molar-refractivity contribution is 5.19. The smallest absolute Gasteiger partial charge is 0.0537 e. The van der Waals surface area contributed by atoms with E-state index in [1.54, 1.807) is 0 Å². The molecule has 2 heterocycles. The van der Waals surface area contributed by atoms with Crippen LogP contribution in [0.5, 0.6) is 0 Å². The lowest BCUT2D eigenvalue weighted by Crippen LogP contribution is -2.34. The van der Waals surface area contributed by atoms with Gasteiger partial charge in [0.05, 0.1) is 6.20 Å². The molecule has 1 saturated heterocycles. The first-order chi connectivity index (χ1) is 6.81. The number of H-pyrrole nitrogens is 1. The van der Waals surface area contributed by atoms with Gasteiger partial charge in [-0.15, -0.1) is 0 Å². The highest BCUT2D eigenvalue weighted by Crippen LogP contribution is 2.26. The van der Waals surface area contributed by atoms with E-state index in [0.717, 1.165) is 25.1 Å². The van der Waals surface area contributed by atoms with Gasteiger partial charge in [0.1, 0.15) is 0 Å². The third-order valence-corrected chi connectivity index (χ3v) is 3.02. The predicted molar refractivity (Wildman–Crippen MR) is 53.9 cm³/mol. The van der Waals surface area contributed by atoms with Crippen LogP contribution in [0.3, 0.4) is 0 Å². The Kier molecular flexibility index (Phi) is 2.84. The number of piperidine rings is 1. The number of hydrogen-bond donors (Lipinski definition) is 3. The third kappa shape index (κ3) is 1.81. The summed E-state index contributed by atoms with van der Waals surface area (Å²) in [5, 5.41) is 19.4. The number of aromatic nitrogens is 2. The van der Waals surface area contributed by atoms with Crippen LogP contribution in [0.1, 0.15) is 30.1 Å². The standard InChI is InChI=1S/C10H17N3O/c1-7-9(5-12-13-7)10-3-2-8(6-14)4-11-10/h5,8,10-11,14H,2-4,6H2,1H3,(H,12,13). The van der Waals surface area contributed by atoms with Crippen LogP contribution >= 0.6 is 0 Å². The molecule has 0 spiro atoms. The van der Waals surface area contributed by atoms with Crippen LogP contribution in [0.15, 0.2) is 6.20 Å². The lowest BCUT2D eigenvalue weighted by atomic mass is 9.92. The van der Waals surface area contributed by atoms with E-state index >= 15 is 0 Å². The van der Waals surface area contributed by atoms with Gasteiger partial charge in [-0.3, -0.25) is 5.10 Å². The van der Waals surface area contributed by atoms with Crippen LogP contribution in [0.2, 0.25) is 0 Å². The van der Waals surface area contributed by atoms with Gasteiger partial charge >= 0.3 is 0 Å². The van der Waals surface area contributed by atoms with E-state index in [1.165, 1.54) is 5.56 Å². The average molecular weight is 195 g/mol. The van der Waals surface area contributed by atoms with Gasteiger partial charge in [-0.25, -0.2) is 0 Å². The number of rotatable bonds is 2.